The summed E-state index contributed by atoms with van der Waals surface area (Å²) < 4.78 is 18.7. The summed E-state index contributed by atoms with van der Waals surface area (Å²) >= 11 is 1.27. The van der Waals surface area contributed by atoms with Gasteiger partial charge in [0.05, 0.1) is 6.20 Å². The lowest BCUT2D eigenvalue weighted by molar-refractivity contribution is 0.454. The Hall–Kier alpha value is -1.33. The first-order chi connectivity index (χ1) is 7.68. The predicted molar refractivity (Wildman–Crippen MR) is 59.6 cm³/mol. The fourth-order valence-electron chi connectivity index (χ4n) is 1.40. The molecule has 1 aromatic carbocycles. The molecular formula is C11H11FN2OS. The number of hydrogen-bond acceptors (Lipinski definition) is 4. The fraction of sp³-hybridized carbons (Fsp3) is 0.182. The Bertz CT molecular complexity index is 471. The highest BCUT2D eigenvalue weighted by molar-refractivity contribution is 7.99. The first-order valence-electron chi connectivity index (χ1n) is 4.80. The molecule has 0 saturated heterocycles. The third kappa shape index (κ3) is 2.25. The molecule has 0 radical (unpaired) electrons. The Morgan fingerprint density at radius 1 is 1.50 bits per heavy atom. The van der Waals surface area contributed by atoms with Gasteiger partial charge in [0.25, 0.3) is 5.22 Å². The van der Waals surface area contributed by atoms with E-state index >= 15 is 0 Å². The number of nitrogens with zero attached hydrogens (tertiary/aromatic N) is 1. The minimum atomic E-state index is -0.362. The summed E-state index contributed by atoms with van der Waals surface area (Å²) in [6, 6.07) is 4.49. The molecule has 0 saturated carbocycles. The van der Waals surface area contributed by atoms with Crippen LogP contribution >= 0.6 is 11.8 Å². The number of aromatic nitrogens is 1. The summed E-state index contributed by atoms with van der Waals surface area (Å²) in [6.07, 6.45) is 3.03. The van der Waals surface area contributed by atoms with E-state index in [1.54, 1.807) is 25.3 Å². The molecule has 0 bridgehead atoms. The second-order valence-electron chi connectivity index (χ2n) is 3.34. The molecule has 5 heteroatoms. The third-order valence-corrected chi connectivity index (χ3v) is 3.03. The van der Waals surface area contributed by atoms with E-state index in [1.807, 2.05) is 0 Å². The molecule has 1 aromatic heterocycles. The van der Waals surface area contributed by atoms with Crippen LogP contribution in [0.2, 0.25) is 0 Å². The Morgan fingerprint density at radius 3 is 2.94 bits per heavy atom. The van der Waals surface area contributed by atoms with Gasteiger partial charge in [-0.1, -0.05) is 6.07 Å². The molecule has 1 unspecified atom stereocenters. The third-order valence-electron chi connectivity index (χ3n) is 2.08. The van der Waals surface area contributed by atoms with Crippen molar-refractivity contribution < 1.29 is 8.81 Å². The van der Waals surface area contributed by atoms with E-state index < -0.39 is 0 Å². The Kier molecular flexibility index (Phi) is 3.26. The van der Waals surface area contributed by atoms with Crippen LogP contribution in [0.1, 0.15) is 18.5 Å². The van der Waals surface area contributed by atoms with E-state index in [2.05, 4.69) is 4.98 Å². The van der Waals surface area contributed by atoms with Gasteiger partial charge < -0.3 is 10.2 Å². The van der Waals surface area contributed by atoms with Gasteiger partial charge >= 0.3 is 0 Å². The van der Waals surface area contributed by atoms with Gasteiger partial charge in [-0.15, -0.1) is 0 Å². The smallest absolute Gasteiger partial charge is 0.260 e. The van der Waals surface area contributed by atoms with Gasteiger partial charge in [-0.25, -0.2) is 9.37 Å². The molecule has 2 N–H and O–H groups in total. The lowest BCUT2D eigenvalue weighted by Gasteiger charge is -2.11. The molecule has 3 nitrogen and oxygen atoms in total. The molecule has 2 rings (SSSR count). The quantitative estimate of drug-likeness (QED) is 0.893. The van der Waals surface area contributed by atoms with Crippen LogP contribution in [0.5, 0.6) is 0 Å². The Morgan fingerprint density at radius 2 is 2.31 bits per heavy atom. The lowest BCUT2D eigenvalue weighted by Crippen LogP contribution is -2.08. The average molecular weight is 238 g/mol. The second kappa shape index (κ2) is 4.67. The number of rotatable bonds is 3. The van der Waals surface area contributed by atoms with Gasteiger partial charge in [0, 0.05) is 16.5 Å². The maximum atomic E-state index is 13.6. The molecule has 0 aliphatic heterocycles. The predicted octanol–water partition coefficient (Wildman–Crippen LogP) is 2.98. The zero-order chi connectivity index (χ0) is 11.5. The van der Waals surface area contributed by atoms with E-state index in [-0.39, 0.29) is 11.9 Å². The molecule has 0 amide bonds. The van der Waals surface area contributed by atoms with Crippen LogP contribution in [0.25, 0.3) is 0 Å². The molecule has 84 valence electrons. The average Bonchev–Trinajstić information content (AvgIpc) is 2.70. The van der Waals surface area contributed by atoms with Crippen molar-refractivity contribution in [2.24, 2.45) is 5.73 Å². The van der Waals surface area contributed by atoms with Crippen LogP contribution in [0, 0.1) is 5.82 Å². The summed E-state index contributed by atoms with van der Waals surface area (Å²) in [5.41, 5.74) is 6.23. The molecule has 2 aromatic rings. The highest BCUT2D eigenvalue weighted by Gasteiger charge is 2.14. The van der Waals surface area contributed by atoms with Crippen molar-refractivity contribution in [2.45, 2.75) is 23.1 Å². The normalized spacial score (nSPS) is 12.7. The maximum Gasteiger partial charge on any atom is 0.260 e. The standard InChI is InChI=1S/C11H11FN2OS/c1-7(13)10-8(12)3-2-4-9(10)16-11-14-5-6-15-11/h2-7H,13H2,1H3. The van der Waals surface area contributed by atoms with E-state index in [1.165, 1.54) is 24.1 Å². The van der Waals surface area contributed by atoms with Gasteiger partial charge in [0.2, 0.25) is 0 Å². The summed E-state index contributed by atoms with van der Waals surface area (Å²) in [7, 11) is 0. The highest BCUT2D eigenvalue weighted by Crippen LogP contribution is 2.33. The second-order valence-corrected chi connectivity index (χ2v) is 4.33. The van der Waals surface area contributed by atoms with Crippen LogP contribution in [-0.2, 0) is 0 Å². The summed E-state index contributed by atoms with van der Waals surface area (Å²) in [5, 5.41) is 0.479. The van der Waals surface area contributed by atoms with Crippen molar-refractivity contribution in [3.05, 3.63) is 42.0 Å². The van der Waals surface area contributed by atoms with Crippen molar-refractivity contribution in [3.8, 4) is 0 Å². The summed E-state index contributed by atoms with van der Waals surface area (Å²) in [6.45, 7) is 1.75. The molecule has 0 aliphatic carbocycles. The van der Waals surface area contributed by atoms with Gasteiger partial charge in [0.1, 0.15) is 12.1 Å². The molecular weight excluding hydrogens is 227 g/mol. The molecule has 1 heterocycles. The van der Waals surface area contributed by atoms with E-state index in [9.17, 15) is 4.39 Å². The van der Waals surface area contributed by atoms with Gasteiger partial charge in [-0.2, -0.15) is 0 Å². The SMILES string of the molecule is CC(N)c1c(F)cccc1Sc1ncco1. The van der Waals surface area contributed by atoms with Crippen LogP contribution in [0.4, 0.5) is 4.39 Å². The summed E-state index contributed by atoms with van der Waals surface area (Å²) in [5.74, 6) is -0.299. The monoisotopic (exact) mass is 238 g/mol. The Balaban J connectivity index is 2.37. The zero-order valence-electron chi connectivity index (χ0n) is 8.68. The number of oxazole rings is 1. The molecule has 1 atom stereocenters. The lowest BCUT2D eigenvalue weighted by atomic mass is 10.1. The van der Waals surface area contributed by atoms with E-state index in [0.29, 0.717) is 10.8 Å². The van der Waals surface area contributed by atoms with Gasteiger partial charge in [0.15, 0.2) is 0 Å². The zero-order valence-corrected chi connectivity index (χ0v) is 9.50. The minimum absolute atomic E-state index is 0.299. The summed E-state index contributed by atoms with van der Waals surface area (Å²) in [4.78, 5) is 4.71. The van der Waals surface area contributed by atoms with Crippen molar-refractivity contribution in [3.63, 3.8) is 0 Å². The maximum absolute atomic E-state index is 13.6. The molecule has 0 spiro atoms. The number of benzene rings is 1. The topological polar surface area (TPSA) is 52.0 Å². The van der Waals surface area contributed by atoms with Crippen molar-refractivity contribution in [1.82, 2.24) is 4.98 Å². The van der Waals surface area contributed by atoms with E-state index in [0.717, 1.165) is 4.90 Å². The first kappa shape index (κ1) is 11.2. The van der Waals surface area contributed by atoms with Crippen molar-refractivity contribution >= 4 is 11.8 Å². The van der Waals surface area contributed by atoms with Crippen molar-refractivity contribution in [2.75, 3.05) is 0 Å². The fourth-order valence-corrected chi connectivity index (χ4v) is 2.35. The molecule has 0 aliphatic rings. The highest BCUT2D eigenvalue weighted by atomic mass is 32.2. The molecule has 0 fully saturated rings. The number of nitrogens with two attached hydrogens (primary N) is 1. The van der Waals surface area contributed by atoms with Crippen LogP contribution in [-0.4, -0.2) is 4.98 Å². The van der Waals surface area contributed by atoms with Crippen LogP contribution in [0.15, 0.2) is 45.2 Å². The van der Waals surface area contributed by atoms with Crippen LogP contribution < -0.4 is 5.73 Å². The first-order valence-corrected chi connectivity index (χ1v) is 5.61. The van der Waals surface area contributed by atoms with Gasteiger partial charge in [-0.05, 0) is 30.8 Å². The number of halogens is 1. The molecule has 16 heavy (non-hydrogen) atoms. The van der Waals surface area contributed by atoms with Crippen molar-refractivity contribution in [1.29, 1.82) is 0 Å². The number of hydrogen-bond donors (Lipinski definition) is 1. The van der Waals surface area contributed by atoms with Crippen LogP contribution in [0.3, 0.4) is 0 Å². The Labute approximate surface area is 96.9 Å². The van der Waals surface area contributed by atoms with Gasteiger partial charge in [-0.3, -0.25) is 0 Å². The minimum Gasteiger partial charge on any atom is -0.440 e. The van der Waals surface area contributed by atoms with E-state index in [4.69, 9.17) is 10.2 Å². The largest absolute Gasteiger partial charge is 0.440 e.